The molecule has 1 atom stereocenters. The van der Waals surface area contributed by atoms with Crippen molar-refractivity contribution in [3.8, 4) is 11.1 Å². The van der Waals surface area contributed by atoms with Crippen LogP contribution in [0.4, 0.5) is 0 Å². The highest BCUT2D eigenvalue weighted by Gasteiger charge is 2.10. The molecule has 0 aromatic heterocycles. The molecule has 0 aliphatic heterocycles. The van der Waals surface area contributed by atoms with Crippen LogP contribution in [0.5, 0.6) is 0 Å². The molecule has 100 valence electrons. The van der Waals surface area contributed by atoms with E-state index in [1.165, 1.54) is 10.8 Å². The minimum Gasteiger partial charge on any atom is -0.255 e. The topological polar surface area (TPSA) is 17.1 Å². The van der Waals surface area contributed by atoms with Crippen LogP contribution < -0.4 is 0 Å². The van der Waals surface area contributed by atoms with Crippen molar-refractivity contribution in [3.63, 3.8) is 0 Å². The Kier molecular flexibility index (Phi) is 3.72. The Hall–Kier alpha value is -1.45. The monoisotopic (exact) mass is 344 g/mol. The molecule has 0 aliphatic carbocycles. The zero-order valence-corrected chi connectivity index (χ0v) is 13.4. The second-order valence-corrected chi connectivity index (χ2v) is 6.89. The van der Waals surface area contributed by atoms with Crippen molar-refractivity contribution in [2.24, 2.45) is 0 Å². The van der Waals surface area contributed by atoms with E-state index in [4.69, 9.17) is 0 Å². The minimum atomic E-state index is -0.998. The van der Waals surface area contributed by atoms with Crippen molar-refractivity contribution in [1.82, 2.24) is 0 Å². The molecule has 3 heteroatoms. The van der Waals surface area contributed by atoms with Gasteiger partial charge in [-0.2, -0.15) is 0 Å². The molecule has 0 bridgehead atoms. The summed E-state index contributed by atoms with van der Waals surface area (Å²) < 4.78 is 13.0. The lowest BCUT2D eigenvalue weighted by atomic mass is 9.98. The van der Waals surface area contributed by atoms with Crippen LogP contribution in [0.2, 0.25) is 0 Å². The lowest BCUT2D eigenvalue weighted by Crippen LogP contribution is -1.92. The second-order valence-electron chi connectivity index (χ2n) is 4.62. The normalized spacial score (nSPS) is 12.5. The fourth-order valence-corrected chi connectivity index (χ4v) is 3.57. The maximum absolute atomic E-state index is 11.9. The predicted molar refractivity (Wildman–Crippen MR) is 89.4 cm³/mol. The average Bonchev–Trinajstić information content (AvgIpc) is 2.46. The molecule has 0 heterocycles. The van der Waals surface area contributed by atoms with Gasteiger partial charge in [0.05, 0.1) is 10.8 Å². The first-order chi connectivity index (χ1) is 9.66. The van der Waals surface area contributed by atoms with Crippen molar-refractivity contribution in [2.45, 2.75) is 4.90 Å². The Morgan fingerprint density at radius 2 is 1.65 bits per heavy atom. The third kappa shape index (κ3) is 2.43. The summed E-state index contributed by atoms with van der Waals surface area (Å²) in [5, 5.41) is 2.35. The fraction of sp³-hybridized carbons (Fsp3) is 0.0588. The number of halogens is 1. The van der Waals surface area contributed by atoms with Crippen molar-refractivity contribution in [1.29, 1.82) is 0 Å². The second kappa shape index (κ2) is 5.51. The minimum absolute atomic E-state index is 0.878. The predicted octanol–water partition coefficient (Wildman–Crippen LogP) is 5.01. The summed E-state index contributed by atoms with van der Waals surface area (Å²) in [6.07, 6.45) is 1.72. The van der Waals surface area contributed by atoms with Crippen LogP contribution in [-0.2, 0) is 10.8 Å². The van der Waals surface area contributed by atoms with Gasteiger partial charge in [-0.1, -0.05) is 58.4 Å². The number of rotatable bonds is 2. The third-order valence-electron chi connectivity index (χ3n) is 3.33. The summed E-state index contributed by atoms with van der Waals surface area (Å²) in [6, 6.07) is 20.4. The summed E-state index contributed by atoms with van der Waals surface area (Å²) in [7, 11) is -0.998. The Labute approximate surface area is 129 Å². The maximum Gasteiger partial charge on any atom is 0.0504 e. The number of hydrogen-bond acceptors (Lipinski definition) is 1. The summed E-state index contributed by atoms with van der Waals surface area (Å²) in [4.78, 5) is 0.878. The zero-order valence-electron chi connectivity index (χ0n) is 11.0. The molecule has 0 saturated carbocycles. The molecular formula is C17H13BrOS. The summed E-state index contributed by atoms with van der Waals surface area (Å²) in [6.45, 7) is 0. The fourth-order valence-electron chi connectivity index (χ4n) is 2.43. The molecule has 0 saturated heterocycles. The quantitative estimate of drug-likeness (QED) is 0.638. The number of hydrogen-bond donors (Lipinski definition) is 0. The van der Waals surface area contributed by atoms with E-state index in [1.807, 2.05) is 36.4 Å². The van der Waals surface area contributed by atoms with Crippen LogP contribution in [0.1, 0.15) is 0 Å². The van der Waals surface area contributed by atoms with Crippen LogP contribution in [0.15, 0.2) is 70.0 Å². The molecule has 0 fully saturated rings. The molecule has 0 N–H and O–H groups in total. The summed E-state index contributed by atoms with van der Waals surface area (Å²) in [5.41, 5.74) is 2.17. The lowest BCUT2D eigenvalue weighted by Gasteiger charge is -2.11. The number of fused-ring (bicyclic) bond motifs is 1. The van der Waals surface area contributed by atoms with E-state index >= 15 is 0 Å². The van der Waals surface area contributed by atoms with Gasteiger partial charge in [0.2, 0.25) is 0 Å². The molecule has 0 amide bonds. The van der Waals surface area contributed by atoms with Crippen molar-refractivity contribution in [3.05, 3.63) is 65.1 Å². The average molecular weight is 345 g/mol. The molecule has 0 radical (unpaired) electrons. The largest absolute Gasteiger partial charge is 0.255 e. The van der Waals surface area contributed by atoms with Gasteiger partial charge in [-0.05, 0) is 40.1 Å². The molecule has 1 unspecified atom stereocenters. The molecule has 1 nitrogen and oxygen atoms in total. The van der Waals surface area contributed by atoms with Gasteiger partial charge in [-0.15, -0.1) is 0 Å². The van der Waals surface area contributed by atoms with E-state index in [9.17, 15) is 4.21 Å². The van der Waals surface area contributed by atoms with Crippen molar-refractivity contribution >= 4 is 37.5 Å². The smallest absolute Gasteiger partial charge is 0.0504 e. The molecule has 3 aromatic carbocycles. The maximum atomic E-state index is 11.9. The Morgan fingerprint density at radius 3 is 2.45 bits per heavy atom. The van der Waals surface area contributed by atoms with Gasteiger partial charge in [0, 0.05) is 15.6 Å². The van der Waals surface area contributed by atoms with Gasteiger partial charge in [-0.3, -0.25) is 4.21 Å². The summed E-state index contributed by atoms with van der Waals surface area (Å²) in [5.74, 6) is 0. The Balaban J connectivity index is 2.33. The Bertz CT molecular complexity index is 811. The van der Waals surface area contributed by atoms with Gasteiger partial charge < -0.3 is 0 Å². The van der Waals surface area contributed by atoms with E-state index < -0.39 is 10.8 Å². The summed E-state index contributed by atoms with van der Waals surface area (Å²) >= 11 is 3.50. The van der Waals surface area contributed by atoms with E-state index in [0.717, 1.165) is 20.5 Å². The van der Waals surface area contributed by atoms with Crippen molar-refractivity contribution < 1.29 is 4.21 Å². The van der Waals surface area contributed by atoms with E-state index in [0.29, 0.717) is 0 Å². The highest BCUT2D eigenvalue weighted by atomic mass is 79.9. The van der Waals surface area contributed by atoms with Crippen molar-refractivity contribution in [2.75, 3.05) is 6.26 Å². The van der Waals surface area contributed by atoms with Gasteiger partial charge >= 0.3 is 0 Å². The first-order valence-corrected chi connectivity index (χ1v) is 8.63. The van der Waals surface area contributed by atoms with E-state index in [1.54, 1.807) is 6.26 Å². The number of benzene rings is 3. The zero-order chi connectivity index (χ0) is 14.1. The first kappa shape index (κ1) is 13.5. The molecular weight excluding hydrogens is 332 g/mol. The van der Waals surface area contributed by atoms with Crippen LogP contribution in [-0.4, -0.2) is 10.5 Å². The van der Waals surface area contributed by atoms with E-state index in [-0.39, 0.29) is 0 Å². The molecule has 3 rings (SSSR count). The third-order valence-corrected chi connectivity index (χ3v) is 4.80. The first-order valence-electron chi connectivity index (χ1n) is 6.28. The standard InChI is InChI=1S/C17H13BrOS/c1-20(19)17-8-3-2-6-16(17)15-7-4-5-12-11-13(18)9-10-14(12)15/h2-11H,1H3. The van der Waals surface area contributed by atoms with Crippen LogP contribution in [0.3, 0.4) is 0 Å². The van der Waals surface area contributed by atoms with Gasteiger partial charge in [-0.25, -0.2) is 0 Å². The lowest BCUT2D eigenvalue weighted by molar-refractivity contribution is 0.687. The van der Waals surface area contributed by atoms with E-state index in [2.05, 4.69) is 40.2 Å². The van der Waals surface area contributed by atoms with Crippen LogP contribution >= 0.6 is 15.9 Å². The highest BCUT2D eigenvalue weighted by Crippen LogP contribution is 2.33. The van der Waals surface area contributed by atoms with Gasteiger partial charge in [0.25, 0.3) is 0 Å². The SMILES string of the molecule is CS(=O)c1ccccc1-c1cccc2cc(Br)ccc12. The van der Waals surface area contributed by atoms with Crippen LogP contribution in [0, 0.1) is 0 Å². The van der Waals surface area contributed by atoms with Crippen LogP contribution in [0.25, 0.3) is 21.9 Å². The van der Waals surface area contributed by atoms with Gasteiger partial charge in [0.15, 0.2) is 0 Å². The molecule has 0 aliphatic rings. The molecule has 3 aromatic rings. The molecule has 20 heavy (non-hydrogen) atoms. The Morgan fingerprint density at radius 1 is 0.900 bits per heavy atom. The highest BCUT2D eigenvalue weighted by molar-refractivity contribution is 9.10. The van der Waals surface area contributed by atoms with Gasteiger partial charge in [0.1, 0.15) is 0 Å². The molecule has 0 spiro atoms.